The van der Waals surface area contributed by atoms with Crippen molar-refractivity contribution >= 4 is 7.85 Å². The lowest BCUT2D eigenvalue weighted by Crippen LogP contribution is -2.25. The Morgan fingerprint density at radius 1 is 1.55 bits per heavy atom. The van der Waals surface area contributed by atoms with Crippen LogP contribution < -0.4 is 0 Å². The largest absolute Gasteiger partial charge is 0.393 e. The third-order valence-electron chi connectivity index (χ3n) is 4.04. The van der Waals surface area contributed by atoms with Gasteiger partial charge in [0.15, 0.2) is 0 Å². The molecular weight excluding hydrogens is 135 g/mol. The summed E-state index contributed by atoms with van der Waals surface area (Å²) in [5.41, 5.74) is 0.263. The van der Waals surface area contributed by atoms with Crippen molar-refractivity contribution in [3.05, 3.63) is 0 Å². The third kappa shape index (κ3) is 0.822. The zero-order chi connectivity index (χ0) is 8.06. The Kier molecular flexibility index (Phi) is 1.57. The number of fused-ring (bicyclic) bond motifs is 2. The van der Waals surface area contributed by atoms with Gasteiger partial charge in [-0.25, -0.2) is 0 Å². The summed E-state index contributed by atoms with van der Waals surface area (Å²) in [6, 6.07) is 0. The monoisotopic (exact) mass is 150 g/mol. The molecule has 2 bridgehead atoms. The SMILES string of the molecule is [B]CC1(C)C2CCC1C(O)C2. The van der Waals surface area contributed by atoms with Crippen LogP contribution in [0.2, 0.25) is 6.32 Å². The fourth-order valence-electron chi connectivity index (χ4n) is 3.14. The van der Waals surface area contributed by atoms with Crippen LogP contribution in [0.3, 0.4) is 0 Å². The topological polar surface area (TPSA) is 20.2 Å². The van der Waals surface area contributed by atoms with Gasteiger partial charge in [0.1, 0.15) is 0 Å². The normalized spacial score (nSPS) is 55.3. The Hall–Kier alpha value is 0.0249. The standard InChI is InChI=1S/C9H15BO/c1-9(5-10)6-2-3-7(9)8(11)4-6/h6-8,11H,2-5H2,1H3. The fraction of sp³-hybridized carbons (Fsp3) is 1.00. The van der Waals surface area contributed by atoms with Gasteiger partial charge in [-0.05, 0) is 36.5 Å². The highest BCUT2D eigenvalue weighted by molar-refractivity contribution is 6.09. The van der Waals surface area contributed by atoms with Gasteiger partial charge >= 0.3 is 0 Å². The lowest BCUT2D eigenvalue weighted by atomic mass is 9.70. The van der Waals surface area contributed by atoms with Gasteiger partial charge in [0.25, 0.3) is 0 Å². The highest BCUT2D eigenvalue weighted by Crippen LogP contribution is 2.59. The van der Waals surface area contributed by atoms with Gasteiger partial charge in [-0.2, -0.15) is 0 Å². The first-order valence-electron chi connectivity index (χ1n) is 4.56. The van der Waals surface area contributed by atoms with Crippen molar-refractivity contribution in [1.29, 1.82) is 0 Å². The van der Waals surface area contributed by atoms with Gasteiger partial charge in [0.2, 0.25) is 0 Å². The van der Waals surface area contributed by atoms with Crippen molar-refractivity contribution in [2.75, 3.05) is 0 Å². The quantitative estimate of drug-likeness (QED) is 0.559. The molecule has 0 aliphatic heterocycles. The van der Waals surface area contributed by atoms with Crippen molar-refractivity contribution in [2.45, 2.75) is 38.6 Å². The Balaban J connectivity index is 2.24. The highest BCUT2D eigenvalue weighted by atomic mass is 16.3. The summed E-state index contributed by atoms with van der Waals surface area (Å²) in [5, 5.41) is 9.63. The van der Waals surface area contributed by atoms with E-state index in [9.17, 15) is 5.11 Å². The van der Waals surface area contributed by atoms with E-state index in [0.29, 0.717) is 11.8 Å². The molecule has 11 heavy (non-hydrogen) atoms. The Bertz CT molecular complexity index is 171. The molecule has 0 aromatic rings. The molecule has 0 amide bonds. The molecule has 2 rings (SSSR count). The zero-order valence-corrected chi connectivity index (χ0v) is 7.09. The summed E-state index contributed by atoms with van der Waals surface area (Å²) in [6.07, 6.45) is 4.18. The van der Waals surface area contributed by atoms with Crippen LogP contribution in [0.15, 0.2) is 0 Å². The minimum Gasteiger partial charge on any atom is -0.393 e. The summed E-state index contributed by atoms with van der Waals surface area (Å²) >= 11 is 0. The Morgan fingerprint density at radius 3 is 2.55 bits per heavy atom. The summed E-state index contributed by atoms with van der Waals surface area (Å²) in [4.78, 5) is 0. The van der Waals surface area contributed by atoms with Crippen molar-refractivity contribution in [3.63, 3.8) is 0 Å². The van der Waals surface area contributed by atoms with Crippen molar-refractivity contribution in [1.82, 2.24) is 0 Å². The summed E-state index contributed by atoms with van der Waals surface area (Å²) < 4.78 is 0. The number of aliphatic hydroxyl groups excluding tert-OH is 1. The molecule has 1 nitrogen and oxygen atoms in total. The van der Waals surface area contributed by atoms with E-state index in [0.717, 1.165) is 12.7 Å². The Labute approximate surface area is 69.6 Å². The molecule has 1 N–H and O–H groups in total. The molecule has 2 heteroatoms. The smallest absolute Gasteiger partial charge is 0.0660 e. The molecule has 60 valence electrons. The highest BCUT2D eigenvalue weighted by Gasteiger charge is 2.53. The lowest BCUT2D eigenvalue weighted by molar-refractivity contribution is 0.0950. The van der Waals surface area contributed by atoms with Crippen molar-refractivity contribution < 1.29 is 5.11 Å². The molecule has 0 spiro atoms. The fourth-order valence-corrected chi connectivity index (χ4v) is 3.14. The second-order valence-electron chi connectivity index (χ2n) is 4.39. The zero-order valence-electron chi connectivity index (χ0n) is 7.09. The van der Waals surface area contributed by atoms with Crippen LogP contribution >= 0.6 is 0 Å². The number of hydrogen-bond acceptors (Lipinski definition) is 1. The molecule has 2 aliphatic rings. The molecule has 2 aliphatic carbocycles. The first kappa shape index (κ1) is 7.66. The second-order valence-corrected chi connectivity index (χ2v) is 4.39. The number of hydrogen-bond donors (Lipinski definition) is 1. The van der Waals surface area contributed by atoms with Crippen molar-refractivity contribution in [3.8, 4) is 0 Å². The van der Waals surface area contributed by atoms with E-state index < -0.39 is 0 Å². The van der Waals surface area contributed by atoms with Crippen molar-refractivity contribution in [2.24, 2.45) is 17.3 Å². The number of aliphatic hydroxyl groups is 1. The minimum absolute atomic E-state index is 0.0534. The van der Waals surface area contributed by atoms with Gasteiger partial charge < -0.3 is 5.11 Å². The van der Waals surface area contributed by atoms with Gasteiger partial charge in [-0.3, -0.25) is 0 Å². The molecule has 2 fully saturated rings. The van der Waals surface area contributed by atoms with E-state index in [1.54, 1.807) is 0 Å². The average molecular weight is 150 g/mol. The van der Waals surface area contributed by atoms with E-state index in [4.69, 9.17) is 7.85 Å². The molecule has 2 saturated carbocycles. The third-order valence-corrected chi connectivity index (χ3v) is 4.04. The second kappa shape index (κ2) is 2.26. The predicted octanol–water partition coefficient (Wildman–Crippen LogP) is 1.37. The first-order chi connectivity index (χ1) is 5.18. The van der Waals surface area contributed by atoms with E-state index in [2.05, 4.69) is 6.92 Å². The van der Waals surface area contributed by atoms with Gasteiger partial charge in [-0.1, -0.05) is 13.2 Å². The molecule has 2 radical (unpaired) electrons. The Morgan fingerprint density at radius 2 is 2.27 bits per heavy atom. The van der Waals surface area contributed by atoms with Gasteiger partial charge in [-0.15, -0.1) is 0 Å². The van der Waals surface area contributed by atoms with Crippen LogP contribution in [0.5, 0.6) is 0 Å². The van der Waals surface area contributed by atoms with E-state index in [1.165, 1.54) is 12.8 Å². The van der Waals surface area contributed by atoms with E-state index in [-0.39, 0.29) is 11.5 Å². The average Bonchev–Trinajstić information content (AvgIpc) is 2.42. The van der Waals surface area contributed by atoms with Crippen LogP contribution in [0, 0.1) is 17.3 Å². The van der Waals surface area contributed by atoms with E-state index in [1.807, 2.05) is 0 Å². The number of rotatable bonds is 1. The van der Waals surface area contributed by atoms with E-state index >= 15 is 0 Å². The van der Waals surface area contributed by atoms with Crippen LogP contribution in [-0.4, -0.2) is 19.1 Å². The molecule has 0 aromatic heterocycles. The molecule has 0 saturated heterocycles. The maximum absolute atomic E-state index is 9.63. The summed E-state index contributed by atoms with van der Waals surface area (Å²) in [5.74, 6) is 1.20. The lowest BCUT2D eigenvalue weighted by Gasteiger charge is -2.28. The predicted molar refractivity (Wildman–Crippen MR) is 45.5 cm³/mol. The first-order valence-corrected chi connectivity index (χ1v) is 4.56. The van der Waals surface area contributed by atoms with Crippen LogP contribution in [-0.2, 0) is 0 Å². The molecular formula is C9H15BO. The van der Waals surface area contributed by atoms with Gasteiger partial charge in [0.05, 0.1) is 14.0 Å². The van der Waals surface area contributed by atoms with Crippen LogP contribution in [0.1, 0.15) is 26.2 Å². The maximum atomic E-state index is 9.63. The van der Waals surface area contributed by atoms with Gasteiger partial charge in [0, 0.05) is 0 Å². The molecule has 4 atom stereocenters. The minimum atomic E-state index is -0.0534. The molecule has 0 aromatic carbocycles. The molecule has 4 unspecified atom stereocenters. The van der Waals surface area contributed by atoms with Crippen LogP contribution in [0.4, 0.5) is 0 Å². The summed E-state index contributed by atoms with van der Waals surface area (Å²) in [6.45, 7) is 2.24. The summed E-state index contributed by atoms with van der Waals surface area (Å²) in [7, 11) is 5.74. The van der Waals surface area contributed by atoms with Crippen LogP contribution in [0.25, 0.3) is 0 Å². The maximum Gasteiger partial charge on any atom is 0.0660 e. The molecule has 0 heterocycles.